The first-order valence-electron chi connectivity index (χ1n) is 7.77. The highest BCUT2D eigenvalue weighted by atomic mass is 16.3. The van der Waals surface area contributed by atoms with Gasteiger partial charge in [0.2, 0.25) is 5.91 Å². The van der Waals surface area contributed by atoms with Crippen LogP contribution < -0.4 is 5.32 Å². The van der Waals surface area contributed by atoms with Gasteiger partial charge in [0, 0.05) is 5.56 Å². The summed E-state index contributed by atoms with van der Waals surface area (Å²) in [6, 6.07) is 13.7. The maximum absolute atomic E-state index is 12.2. The Kier molecular flexibility index (Phi) is 5.78. The number of benzene rings is 1. The third kappa shape index (κ3) is 3.98. The van der Waals surface area contributed by atoms with Gasteiger partial charge in [-0.25, -0.2) is 0 Å². The molecule has 4 heteroatoms. The van der Waals surface area contributed by atoms with Crippen molar-refractivity contribution >= 4 is 5.91 Å². The summed E-state index contributed by atoms with van der Waals surface area (Å²) in [6.07, 6.45) is 0.795. The highest BCUT2D eigenvalue weighted by Crippen LogP contribution is 2.21. The van der Waals surface area contributed by atoms with Crippen LogP contribution in [0.2, 0.25) is 0 Å². The Hall–Kier alpha value is -2.07. The van der Waals surface area contributed by atoms with Gasteiger partial charge in [-0.05, 0) is 32.1 Å². The minimum absolute atomic E-state index is 0.0458. The number of nitrogens with zero attached hydrogens (tertiary/aromatic N) is 1. The molecule has 4 nitrogen and oxygen atoms in total. The molecule has 0 radical (unpaired) electrons. The molecule has 118 valence electrons. The Morgan fingerprint density at radius 3 is 2.55 bits per heavy atom. The first-order chi connectivity index (χ1) is 10.7. The fraction of sp³-hybridized carbons (Fsp3) is 0.389. The monoisotopic (exact) mass is 300 g/mol. The molecular weight excluding hydrogens is 276 g/mol. The van der Waals surface area contributed by atoms with Crippen LogP contribution in [0.1, 0.15) is 26.0 Å². The van der Waals surface area contributed by atoms with Gasteiger partial charge >= 0.3 is 0 Å². The molecule has 1 aromatic carbocycles. The van der Waals surface area contributed by atoms with E-state index < -0.39 is 0 Å². The number of hydrogen-bond donors (Lipinski definition) is 1. The number of hydrogen-bond acceptors (Lipinski definition) is 3. The maximum atomic E-state index is 12.2. The van der Waals surface area contributed by atoms with E-state index in [0.717, 1.165) is 30.0 Å². The summed E-state index contributed by atoms with van der Waals surface area (Å²) >= 11 is 0. The van der Waals surface area contributed by atoms with E-state index in [2.05, 4.69) is 12.2 Å². The molecule has 0 bridgehead atoms. The first-order valence-corrected chi connectivity index (χ1v) is 7.77. The van der Waals surface area contributed by atoms with E-state index in [-0.39, 0.29) is 11.9 Å². The molecule has 2 rings (SSSR count). The summed E-state index contributed by atoms with van der Waals surface area (Å²) in [4.78, 5) is 14.3. The topological polar surface area (TPSA) is 45.5 Å². The van der Waals surface area contributed by atoms with Crippen LogP contribution in [0.25, 0.3) is 11.3 Å². The van der Waals surface area contributed by atoms with Crippen molar-refractivity contribution in [1.82, 2.24) is 10.2 Å². The van der Waals surface area contributed by atoms with Crippen LogP contribution in [0, 0.1) is 0 Å². The third-order valence-electron chi connectivity index (χ3n) is 3.88. The summed E-state index contributed by atoms with van der Waals surface area (Å²) < 4.78 is 5.79. The quantitative estimate of drug-likeness (QED) is 0.853. The number of amides is 1. The first kappa shape index (κ1) is 16.3. The Morgan fingerprint density at radius 1 is 1.18 bits per heavy atom. The van der Waals surface area contributed by atoms with E-state index >= 15 is 0 Å². The summed E-state index contributed by atoms with van der Waals surface area (Å²) in [6.45, 7) is 5.34. The zero-order valence-electron chi connectivity index (χ0n) is 13.5. The molecule has 0 saturated carbocycles. The average Bonchev–Trinajstić information content (AvgIpc) is 3.03. The van der Waals surface area contributed by atoms with Crippen LogP contribution in [0.5, 0.6) is 0 Å². The molecule has 1 N–H and O–H groups in total. The van der Waals surface area contributed by atoms with Gasteiger partial charge in [0.05, 0.1) is 12.6 Å². The van der Waals surface area contributed by atoms with Gasteiger partial charge < -0.3 is 9.73 Å². The molecule has 1 amide bonds. The molecule has 0 aliphatic carbocycles. The van der Waals surface area contributed by atoms with Crippen LogP contribution in [-0.2, 0) is 11.3 Å². The molecular formula is C18H24N2O2. The van der Waals surface area contributed by atoms with E-state index in [1.807, 2.05) is 61.3 Å². The molecule has 0 fully saturated rings. The fourth-order valence-corrected chi connectivity index (χ4v) is 2.44. The average molecular weight is 300 g/mol. The molecule has 1 heterocycles. The fourth-order valence-electron chi connectivity index (χ4n) is 2.44. The van der Waals surface area contributed by atoms with Gasteiger partial charge in [-0.1, -0.05) is 44.2 Å². The second kappa shape index (κ2) is 7.80. The molecule has 22 heavy (non-hydrogen) atoms. The molecule has 0 spiro atoms. The van der Waals surface area contributed by atoms with Crippen molar-refractivity contribution in [3.8, 4) is 11.3 Å². The lowest BCUT2D eigenvalue weighted by Crippen LogP contribution is -2.44. The van der Waals surface area contributed by atoms with Crippen molar-refractivity contribution in [1.29, 1.82) is 0 Å². The lowest BCUT2D eigenvalue weighted by atomic mass is 10.2. The van der Waals surface area contributed by atoms with Crippen LogP contribution >= 0.6 is 0 Å². The third-order valence-corrected chi connectivity index (χ3v) is 3.88. The predicted octanol–water partition coefficient (Wildman–Crippen LogP) is 3.29. The highest BCUT2D eigenvalue weighted by Gasteiger charge is 2.20. The van der Waals surface area contributed by atoms with E-state index in [4.69, 9.17) is 4.42 Å². The predicted molar refractivity (Wildman–Crippen MR) is 88.4 cm³/mol. The second-order valence-electron chi connectivity index (χ2n) is 5.35. The number of carbonyl (C=O) groups is 1. The zero-order valence-corrected chi connectivity index (χ0v) is 13.5. The Bertz CT molecular complexity index is 592. The van der Waals surface area contributed by atoms with Crippen molar-refractivity contribution in [2.24, 2.45) is 0 Å². The standard InChI is InChI=1S/C18H24N2O2/c1-4-16(20(3)5-2)18(21)19-13-15-11-12-17(22-15)14-9-7-6-8-10-14/h6-12,16H,4-5,13H2,1-3H3,(H,19,21). The number of furan rings is 1. The molecule has 0 aliphatic rings. The minimum Gasteiger partial charge on any atom is -0.459 e. The smallest absolute Gasteiger partial charge is 0.237 e. The molecule has 1 unspecified atom stereocenters. The van der Waals surface area contributed by atoms with E-state index in [1.54, 1.807) is 0 Å². The number of nitrogens with one attached hydrogen (secondary N) is 1. The van der Waals surface area contributed by atoms with Gasteiger partial charge in [-0.3, -0.25) is 9.69 Å². The van der Waals surface area contributed by atoms with Gasteiger partial charge in [0.15, 0.2) is 0 Å². The molecule has 1 atom stereocenters. The normalized spacial score (nSPS) is 12.4. The Morgan fingerprint density at radius 2 is 1.91 bits per heavy atom. The van der Waals surface area contributed by atoms with Crippen molar-refractivity contribution < 1.29 is 9.21 Å². The Labute approximate surface area is 132 Å². The van der Waals surface area contributed by atoms with E-state index in [1.165, 1.54) is 0 Å². The van der Waals surface area contributed by atoms with Gasteiger partial charge in [-0.2, -0.15) is 0 Å². The number of carbonyl (C=O) groups excluding carboxylic acids is 1. The Balaban J connectivity index is 1.95. The van der Waals surface area contributed by atoms with E-state index in [0.29, 0.717) is 6.54 Å². The molecule has 0 saturated heterocycles. The molecule has 1 aromatic heterocycles. The van der Waals surface area contributed by atoms with E-state index in [9.17, 15) is 4.79 Å². The maximum Gasteiger partial charge on any atom is 0.237 e. The van der Waals surface area contributed by atoms with Crippen molar-refractivity contribution in [3.63, 3.8) is 0 Å². The molecule has 2 aromatic rings. The summed E-state index contributed by atoms with van der Waals surface area (Å²) in [5, 5.41) is 2.96. The van der Waals surface area contributed by atoms with Gasteiger partial charge in [0.1, 0.15) is 11.5 Å². The van der Waals surface area contributed by atoms with Crippen LogP contribution in [0.4, 0.5) is 0 Å². The molecule has 0 aliphatic heterocycles. The second-order valence-corrected chi connectivity index (χ2v) is 5.35. The lowest BCUT2D eigenvalue weighted by Gasteiger charge is -2.24. The summed E-state index contributed by atoms with van der Waals surface area (Å²) in [5.41, 5.74) is 1.04. The van der Waals surface area contributed by atoms with Gasteiger partial charge in [-0.15, -0.1) is 0 Å². The number of likely N-dealkylation sites (N-methyl/N-ethyl adjacent to an activating group) is 1. The van der Waals surface area contributed by atoms with Crippen molar-refractivity contribution in [2.75, 3.05) is 13.6 Å². The number of rotatable bonds is 7. The van der Waals surface area contributed by atoms with Gasteiger partial charge in [0.25, 0.3) is 0 Å². The lowest BCUT2D eigenvalue weighted by molar-refractivity contribution is -0.126. The van der Waals surface area contributed by atoms with Crippen LogP contribution in [0.15, 0.2) is 46.9 Å². The summed E-state index contributed by atoms with van der Waals surface area (Å²) in [7, 11) is 1.97. The highest BCUT2D eigenvalue weighted by molar-refractivity contribution is 5.81. The largest absolute Gasteiger partial charge is 0.459 e. The SMILES string of the molecule is CCC(C(=O)NCc1ccc(-c2ccccc2)o1)N(C)CC. The van der Waals surface area contributed by atoms with Crippen molar-refractivity contribution in [3.05, 3.63) is 48.2 Å². The van der Waals surface area contributed by atoms with Crippen LogP contribution in [0.3, 0.4) is 0 Å². The zero-order chi connectivity index (χ0) is 15.9. The summed E-state index contributed by atoms with van der Waals surface area (Å²) in [5.74, 6) is 1.63. The van der Waals surface area contributed by atoms with Crippen molar-refractivity contribution in [2.45, 2.75) is 32.9 Å². The van der Waals surface area contributed by atoms with Crippen LogP contribution in [-0.4, -0.2) is 30.4 Å². The minimum atomic E-state index is -0.0893.